The van der Waals surface area contributed by atoms with Crippen molar-refractivity contribution < 1.29 is 38.8 Å². The Labute approximate surface area is 294 Å². The maximum Gasteiger partial charge on any atom is 0.346 e. The second-order valence-corrected chi connectivity index (χ2v) is 13.6. The van der Waals surface area contributed by atoms with Crippen molar-refractivity contribution in [2.75, 3.05) is 25.0 Å². The van der Waals surface area contributed by atoms with Crippen molar-refractivity contribution in [3.05, 3.63) is 135 Å². The lowest BCUT2D eigenvalue weighted by Crippen LogP contribution is -2.49. The summed E-state index contributed by atoms with van der Waals surface area (Å²) in [6.07, 6.45) is -0.164. The third-order valence-corrected chi connectivity index (χ3v) is 10.2. The molecule has 11 heteroatoms. The lowest BCUT2D eigenvalue weighted by Gasteiger charge is -2.45. The summed E-state index contributed by atoms with van der Waals surface area (Å²) < 4.78 is 18.0. The Hall–Kier alpha value is -4.42. The minimum Gasteiger partial charge on any atom is -0.392 e. The molecule has 0 aromatic heterocycles. The smallest absolute Gasteiger partial charge is 0.346 e. The van der Waals surface area contributed by atoms with Gasteiger partial charge in [0.1, 0.15) is 0 Å². The van der Waals surface area contributed by atoms with Gasteiger partial charge >= 0.3 is 11.9 Å². The predicted molar refractivity (Wildman–Crippen MR) is 185 cm³/mol. The number of aliphatic hydroxyl groups excluding tert-OH is 1. The van der Waals surface area contributed by atoms with Crippen LogP contribution in [-0.4, -0.2) is 58.7 Å². The summed E-state index contributed by atoms with van der Waals surface area (Å²) in [7, 11) is 0. The van der Waals surface area contributed by atoms with E-state index in [1.807, 2.05) is 42.5 Å². The third kappa shape index (κ3) is 6.96. The van der Waals surface area contributed by atoms with E-state index in [1.165, 1.54) is 18.2 Å². The van der Waals surface area contributed by atoms with Crippen molar-refractivity contribution in [2.24, 2.45) is 5.92 Å². The van der Waals surface area contributed by atoms with Crippen molar-refractivity contribution in [2.45, 2.75) is 50.5 Å². The third-order valence-electron chi connectivity index (χ3n) is 9.95. The van der Waals surface area contributed by atoms with Crippen molar-refractivity contribution in [1.82, 2.24) is 4.90 Å². The number of hydrogen-bond acceptors (Lipinski definition) is 9. The molecule has 1 amide bonds. The molecular weight excluding hydrogens is 660 g/mol. The number of hydrogen-bond donors (Lipinski definition) is 3. The average Bonchev–Trinajstić information content (AvgIpc) is 3.42. The minimum atomic E-state index is -0.922. The van der Waals surface area contributed by atoms with E-state index in [0.717, 1.165) is 16.7 Å². The van der Waals surface area contributed by atoms with Crippen molar-refractivity contribution in [3.63, 3.8) is 0 Å². The van der Waals surface area contributed by atoms with E-state index < -0.39 is 29.7 Å². The number of rotatable bonds is 8. The first-order chi connectivity index (χ1) is 24.1. The van der Waals surface area contributed by atoms with Gasteiger partial charge in [-0.2, -0.15) is 0 Å². The lowest BCUT2D eigenvalue weighted by molar-refractivity contribution is -0.277. The van der Waals surface area contributed by atoms with Crippen LogP contribution in [0.5, 0.6) is 0 Å². The highest BCUT2D eigenvalue weighted by Crippen LogP contribution is 2.43. The molecule has 0 aliphatic carbocycles. The quantitative estimate of drug-likeness (QED) is 0.146. The molecule has 258 valence electrons. The SMILES string of the molecule is C[C@H]1[C@@H](CN2CCC(O)(c3ccc(Cl)cc3)CC2)OC(c2cccc(NC(=O)c3ccc4c(c3)C(=O)OC4=O)c2)O[C@H]1c1ccc(CO)cc1. The van der Waals surface area contributed by atoms with Crippen molar-refractivity contribution in [3.8, 4) is 0 Å². The molecule has 3 aliphatic rings. The summed E-state index contributed by atoms with van der Waals surface area (Å²) in [4.78, 5) is 39.4. The summed E-state index contributed by atoms with van der Waals surface area (Å²) in [6, 6.07) is 26.6. The number of benzene rings is 4. The number of likely N-dealkylation sites (tertiary alicyclic amines) is 1. The highest BCUT2D eigenvalue weighted by Gasteiger charge is 2.41. The molecule has 0 radical (unpaired) electrons. The Morgan fingerprint density at radius 3 is 2.34 bits per heavy atom. The van der Waals surface area contributed by atoms with Crippen LogP contribution in [-0.2, 0) is 26.4 Å². The van der Waals surface area contributed by atoms with Crippen LogP contribution in [0, 0.1) is 5.92 Å². The number of carbonyl (C=O) groups excluding carboxylic acids is 3. The van der Waals surface area contributed by atoms with Gasteiger partial charge < -0.3 is 34.6 Å². The van der Waals surface area contributed by atoms with Crippen molar-refractivity contribution >= 4 is 35.1 Å². The highest BCUT2D eigenvalue weighted by atomic mass is 35.5. The lowest BCUT2D eigenvalue weighted by atomic mass is 9.84. The zero-order valence-electron chi connectivity index (χ0n) is 27.4. The number of halogens is 1. The van der Waals surface area contributed by atoms with Gasteiger partial charge in [-0.05, 0) is 72.0 Å². The van der Waals surface area contributed by atoms with Gasteiger partial charge in [-0.25, -0.2) is 9.59 Å². The Balaban J connectivity index is 1.09. The fourth-order valence-electron chi connectivity index (χ4n) is 6.93. The molecule has 2 saturated heterocycles. The molecule has 7 rings (SSSR count). The summed E-state index contributed by atoms with van der Waals surface area (Å²) in [5.74, 6) is -2.00. The zero-order valence-corrected chi connectivity index (χ0v) is 28.1. The number of ether oxygens (including phenoxy) is 3. The Kier molecular flexibility index (Phi) is 9.58. The molecule has 10 nitrogen and oxygen atoms in total. The molecule has 1 unspecified atom stereocenters. The summed E-state index contributed by atoms with van der Waals surface area (Å²) in [5, 5.41) is 24.6. The summed E-state index contributed by atoms with van der Waals surface area (Å²) >= 11 is 6.08. The average molecular weight is 697 g/mol. The maximum absolute atomic E-state index is 13.2. The van der Waals surface area contributed by atoms with Crippen LogP contribution in [0.4, 0.5) is 5.69 Å². The van der Waals surface area contributed by atoms with Crippen LogP contribution < -0.4 is 5.32 Å². The molecule has 0 spiro atoms. The fraction of sp³-hybridized carbons (Fsp3) is 0.308. The van der Waals surface area contributed by atoms with E-state index in [0.29, 0.717) is 48.7 Å². The molecule has 0 saturated carbocycles. The number of amides is 1. The number of nitrogens with one attached hydrogen (secondary N) is 1. The van der Waals surface area contributed by atoms with Crippen LogP contribution >= 0.6 is 11.6 Å². The van der Waals surface area contributed by atoms with Gasteiger partial charge in [-0.3, -0.25) is 4.79 Å². The first kappa shape index (κ1) is 34.0. The second kappa shape index (κ2) is 14.1. The van der Waals surface area contributed by atoms with E-state index >= 15 is 0 Å². The number of fused-ring (bicyclic) bond motifs is 1. The molecule has 4 aromatic rings. The molecular formula is C39H37ClN2O8. The molecule has 3 aliphatic heterocycles. The van der Waals surface area contributed by atoms with Gasteiger partial charge in [0.25, 0.3) is 5.91 Å². The monoisotopic (exact) mass is 696 g/mol. The highest BCUT2D eigenvalue weighted by molar-refractivity contribution is 6.30. The van der Waals surface area contributed by atoms with E-state index in [2.05, 4.69) is 21.9 Å². The molecule has 4 atom stereocenters. The van der Waals surface area contributed by atoms with E-state index in [-0.39, 0.29) is 41.4 Å². The Morgan fingerprint density at radius 2 is 1.62 bits per heavy atom. The van der Waals surface area contributed by atoms with Crippen LogP contribution in [0.25, 0.3) is 0 Å². The molecule has 2 fully saturated rings. The number of piperidine rings is 1. The Morgan fingerprint density at radius 1 is 0.900 bits per heavy atom. The predicted octanol–water partition coefficient (Wildman–Crippen LogP) is 6.17. The molecule has 0 bridgehead atoms. The number of nitrogens with zero attached hydrogens (tertiary/aromatic N) is 1. The minimum absolute atomic E-state index is 0.0374. The number of aliphatic hydroxyl groups is 2. The Bertz CT molecular complexity index is 1910. The van der Waals surface area contributed by atoms with Crippen molar-refractivity contribution in [1.29, 1.82) is 0 Å². The summed E-state index contributed by atoms with van der Waals surface area (Å²) in [6.45, 7) is 4.05. The number of carbonyl (C=O) groups is 3. The molecule has 50 heavy (non-hydrogen) atoms. The summed E-state index contributed by atoms with van der Waals surface area (Å²) in [5.41, 5.74) is 3.30. The fourth-order valence-corrected chi connectivity index (χ4v) is 7.06. The van der Waals surface area contributed by atoms with Gasteiger partial charge in [0.2, 0.25) is 0 Å². The van der Waals surface area contributed by atoms with Crippen LogP contribution in [0.2, 0.25) is 5.02 Å². The topological polar surface area (TPSA) is 135 Å². The van der Waals surface area contributed by atoms with E-state index in [4.69, 9.17) is 21.1 Å². The van der Waals surface area contributed by atoms with Gasteiger partial charge in [0, 0.05) is 47.4 Å². The number of esters is 2. The van der Waals surface area contributed by atoms with Crippen LogP contribution in [0.1, 0.15) is 85.5 Å². The molecule has 4 aromatic carbocycles. The standard InChI is InChI=1S/C39H37ClN2O8/c1-23-33(21-42-17-15-39(47,16-18-42)28-10-12-29(40)13-11-28)48-38(49-34(23)25-7-5-24(22-43)6-8-25)27-3-2-4-30(19-27)41-35(44)26-9-14-31-32(20-26)37(46)50-36(31)45/h2-14,19-20,23,33-34,38,43,47H,15-18,21-22H2,1H3,(H,41,44)/t23-,33+,34+,38?/m0/s1. The number of cyclic esters (lactones) is 2. The molecule has 3 N–H and O–H groups in total. The number of anilines is 1. The van der Waals surface area contributed by atoms with E-state index in [1.54, 1.807) is 30.3 Å². The first-order valence-corrected chi connectivity index (χ1v) is 17.0. The normalized spacial score (nSPS) is 23.3. The second-order valence-electron chi connectivity index (χ2n) is 13.2. The van der Waals surface area contributed by atoms with Gasteiger partial charge in [-0.1, -0.05) is 67.1 Å². The van der Waals surface area contributed by atoms with Crippen LogP contribution in [0.15, 0.2) is 91.0 Å². The van der Waals surface area contributed by atoms with Gasteiger partial charge in [0.15, 0.2) is 6.29 Å². The van der Waals surface area contributed by atoms with Crippen LogP contribution in [0.3, 0.4) is 0 Å². The maximum atomic E-state index is 13.2. The van der Waals surface area contributed by atoms with Gasteiger partial charge in [0.05, 0.1) is 35.5 Å². The van der Waals surface area contributed by atoms with Gasteiger partial charge in [-0.15, -0.1) is 0 Å². The van der Waals surface area contributed by atoms with E-state index in [9.17, 15) is 24.6 Å². The first-order valence-electron chi connectivity index (χ1n) is 16.6. The largest absolute Gasteiger partial charge is 0.392 e. The molecule has 3 heterocycles. The zero-order chi connectivity index (χ0) is 35.0.